The Morgan fingerprint density at radius 2 is 1.59 bits per heavy atom. The van der Waals surface area contributed by atoms with E-state index in [1.54, 1.807) is 0 Å². The van der Waals surface area contributed by atoms with E-state index in [0.717, 1.165) is 0 Å². The van der Waals surface area contributed by atoms with Crippen molar-refractivity contribution in [3.8, 4) is 0 Å². The van der Waals surface area contributed by atoms with Crippen molar-refractivity contribution in [3.63, 3.8) is 0 Å². The van der Waals surface area contributed by atoms with Gasteiger partial charge in [-0.2, -0.15) is 0 Å². The summed E-state index contributed by atoms with van der Waals surface area (Å²) in [6, 6.07) is -0.430. The van der Waals surface area contributed by atoms with Crippen LogP contribution in [0.5, 0.6) is 0 Å². The molecule has 8 N–H and O–H groups in total. The van der Waals surface area contributed by atoms with Crippen LogP contribution in [-0.4, -0.2) is 51.6 Å². The molecule has 1 aliphatic heterocycles. The number of aliphatic hydroxyl groups excluding tert-OH is 2. The smallest absolute Gasteiger partial charge is 0.0889 e. The Balaban J connectivity index is -0.000000653. The van der Waals surface area contributed by atoms with E-state index in [9.17, 15) is 10.2 Å². The maximum atomic E-state index is 10.0. The van der Waals surface area contributed by atoms with Gasteiger partial charge in [-0.3, -0.25) is 0 Å². The van der Waals surface area contributed by atoms with E-state index in [1.807, 2.05) is 27.7 Å². The van der Waals surface area contributed by atoms with Gasteiger partial charge < -0.3 is 31.6 Å². The highest BCUT2D eigenvalue weighted by molar-refractivity contribution is 5.03. The topological polar surface area (TPSA) is 139 Å². The highest BCUT2D eigenvalue weighted by atomic mass is 16.5. The Kier molecular flexibility index (Phi) is 8.57. The van der Waals surface area contributed by atoms with Crippen LogP contribution in [0.15, 0.2) is 0 Å². The normalized spacial score (nSPS) is 33.7. The van der Waals surface area contributed by atoms with Crippen LogP contribution in [0.4, 0.5) is 0 Å². The summed E-state index contributed by atoms with van der Waals surface area (Å²) in [5.74, 6) is 0. The van der Waals surface area contributed by atoms with Crippen molar-refractivity contribution in [3.05, 3.63) is 0 Å². The average molecular weight is 255 g/mol. The molecule has 3 atom stereocenters. The van der Waals surface area contributed by atoms with Crippen LogP contribution >= 0.6 is 0 Å². The molecule has 6 nitrogen and oxygen atoms in total. The number of ether oxygens (including phenoxy) is 1. The van der Waals surface area contributed by atoms with Crippen molar-refractivity contribution in [2.45, 2.75) is 59.0 Å². The number of hydrogen-bond acceptors (Lipinski definition) is 4. The monoisotopic (exact) mass is 255 g/mol. The Labute approximate surface area is 103 Å². The lowest BCUT2D eigenvalue weighted by Crippen LogP contribution is -2.67. The van der Waals surface area contributed by atoms with Crippen molar-refractivity contribution in [2.75, 3.05) is 6.61 Å². The van der Waals surface area contributed by atoms with Crippen LogP contribution in [-0.2, 0) is 4.74 Å². The van der Waals surface area contributed by atoms with Gasteiger partial charge in [0.1, 0.15) is 0 Å². The molecule has 0 saturated carbocycles. The molecule has 1 saturated heterocycles. The van der Waals surface area contributed by atoms with Gasteiger partial charge in [0.25, 0.3) is 0 Å². The van der Waals surface area contributed by atoms with E-state index >= 15 is 0 Å². The van der Waals surface area contributed by atoms with E-state index in [4.69, 9.17) is 10.5 Å². The number of nitrogens with two attached hydrogens (primary N) is 1. The molecule has 1 aliphatic rings. The molecule has 0 aromatic carbocycles. The van der Waals surface area contributed by atoms with Crippen LogP contribution < -0.4 is 5.73 Å². The molecule has 17 heavy (non-hydrogen) atoms. The highest BCUT2D eigenvalue weighted by Gasteiger charge is 2.51. The fraction of sp³-hybridized carbons (Fsp3) is 1.00. The summed E-state index contributed by atoms with van der Waals surface area (Å²) in [5.41, 5.74) is 4.79. The van der Waals surface area contributed by atoms with Gasteiger partial charge >= 0.3 is 0 Å². The lowest BCUT2D eigenvalue weighted by molar-refractivity contribution is -0.229. The van der Waals surface area contributed by atoms with E-state index < -0.39 is 23.2 Å². The standard InChI is InChI=1S/C10H21NO3.CH4.2H2O/c1-9(2)6(5-12)14-10(3,4)7(11)8(9)13;;;/h6-8,12-13H,5,11H2,1-4H3;1H4;2*1H2/t6?,7?,8-;;;/m0.../s1. The Morgan fingerprint density at radius 1 is 1.18 bits per heavy atom. The fourth-order valence-electron chi connectivity index (χ4n) is 1.90. The van der Waals surface area contributed by atoms with E-state index in [0.29, 0.717) is 0 Å². The minimum atomic E-state index is -0.664. The Bertz CT molecular complexity index is 216. The number of rotatable bonds is 1. The first-order chi connectivity index (χ1) is 6.23. The van der Waals surface area contributed by atoms with Gasteiger partial charge in [-0.05, 0) is 13.8 Å². The van der Waals surface area contributed by atoms with Gasteiger partial charge in [0, 0.05) is 5.41 Å². The first kappa shape index (κ1) is 22.0. The van der Waals surface area contributed by atoms with Crippen LogP contribution in [0, 0.1) is 5.41 Å². The molecule has 0 bridgehead atoms. The molecule has 108 valence electrons. The molecular formula is C11H29NO5. The predicted molar refractivity (Wildman–Crippen MR) is 67.8 cm³/mol. The maximum absolute atomic E-state index is 10.0. The SMILES string of the molecule is C.CC1(C)OC(CO)C(C)(C)[C@@H](O)C1N.O.O. The quantitative estimate of drug-likeness (QED) is 0.544. The van der Waals surface area contributed by atoms with Gasteiger partial charge in [0.15, 0.2) is 0 Å². The van der Waals surface area contributed by atoms with Crippen molar-refractivity contribution in [1.29, 1.82) is 0 Å². The second kappa shape index (κ2) is 6.63. The summed E-state index contributed by atoms with van der Waals surface area (Å²) in [6.07, 6.45) is -1.03. The molecular weight excluding hydrogens is 226 g/mol. The summed E-state index contributed by atoms with van der Waals surface area (Å²) < 4.78 is 5.69. The van der Waals surface area contributed by atoms with E-state index in [2.05, 4.69) is 0 Å². The lowest BCUT2D eigenvalue weighted by atomic mass is 9.71. The molecule has 0 spiro atoms. The minimum absolute atomic E-state index is 0. The molecule has 0 aliphatic carbocycles. The zero-order valence-electron chi connectivity index (χ0n) is 10.3. The van der Waals surface area contributed by atoms with Crippen molar-refractivity contribution < 1.29 is 25.9 Å². The second-order valence-corrected chi connectivity index (χ2v) is 5.18. The predicted octanol–water partition coefficient (Wildman–Crippen LogP) is -1.14. The second-order valence-electron chi connectivity index (χ2n) is 5.18. The van der Waals surface area contributed by atoms with Crippen LogP contribution in [0.1, 0.15) is 35.1 Å². The fourth-order valence-corrected chi connectivity index (χ4v) is 1.90. The zero-order chi connectivity index (χ0) is 11.1. The van der Waals surface area contributed by atoms with E-state index in [-0.39, 0.29) is 31.1 Å². The zero-order valence-corrected chi connectivity index (χ0v) is 10.3. The van der Waals surface area contributed by atoms with Crippen molar-refractivity contribution in [2.24, 2.45) is 11.1 Å². The summed E-state index contributed by atoms with van der Waals surface area (Å²) in [6.45, 7) is 7.28. The van der Waals surface area contributed by atoms with Crippen LogP contribution in [0.3, 0.4) is 0 Å². The summed E-state index contributed by atoms with van der Waals surface area (Å²) in [7, 11) is 0. The summed E-state index contributed by atoms with van der Waals surface area (Å²) in [4.78, 5) is 0. The minimum Gasteiger partial charge on any atom is -0.412 e. The molecule has 0 amide bonds. The molecule has 0 aromatic heterocycles. The number of aliphatic hydroxyl groups is 2. The lowest BCUT2D eigenvalue weighted by Gasteiger charge is -2.52. The van der Waals surface area contributed by atoms with Gasteiger partial charge in [-0.1, -0.05) is 21.3 Å². The first-order valence-corrected chi connectivity index (χ1v) is 4.96. The molecule has 1 heterocycles. The third kappa shape index (κ3) is 3.61. The van der Waals surface area contributed by atoms with Crippen molar-refractivity contribution in [1.82, 2.24) is 0 Å². The van der Waals surface area contributed by atoms with Gasteiger partial charge in [-0.15, -0.1) is 0 Å². The van der Waals surface area contributed by atoms with Gasteiger partial charge in [-0.25, -0.2) is 0 Å². The Hall–Kier alpha value is -0.240. The van der Waals surface area contributed by atoms with Gasteiger partial charge in [0.05, 0.1) is 30.5 Å². The average Bonchev–Trinajstić information content (AvgIpc) is 2.09. The Morgan fingerprint density at radius 3 is 1.94 bits per heavy atom. The van der Waals surface area contributed by atoms with Gasteiger partial charge in [0.2, 0.25) is 0 Å². The molecule has 2 unspecified atom stereocenters. The van der Waals surface area contributed by atoms with Crippen molar-refractivity contribution >= 4 is 0 Å². The summed E-state index contributed by atoms with van der Waals surface area (Å²) >= 11 is 0. The van der Waals surface area contributed by atoms with Crippen LogP contribution in [0.25, 0.3) is 0 Å². The third-order valence-corrected chi connectivity index (χ3v) is 3.35. The summed E-state index contributed by atoms with van der Waals surface area (Å²) in [5, 5.41) is 19.2. The first-order valence-electron chi connectivity index (χ1n) is 4.96. The largest absolute Gasteiger partial charge is 0.412 e. The molecule has 0 aromatic rings. The third-order valence-electron chi connectivity index (χ3n) is 3.35. The molecule has 0 radical (unpaired) electrons. The molecule has 6 heteroatoms. The number of hydrogen-bond donors (Lipinski definition) is 3. The van der Waals surface area contributed by atoms with E-state index in [1.165, 1.54) is 0 Å². The highest BCUT2D eigenvalue weighted by Crippen LogP contribution is 2.39. The van der Waals surface area contributed by atoms with Crippen LogP contribution in [0.2, 0.25) is 0 Å². The molecule has 1 fully saturated rings. The maximum Gasteiger partial charge on any atom is 0.0889 e. The molecule has 1 rings (SSSR count).